The lowest BCUT2D eigenvalue weighted by Gasteiger charge is -2.36. The summed E-state index contributed by atoms with van der Waals surface area (Å²) in [7, 11) is 0. The summed E-state index contributed by atoms with van der Waals surface area (Å²) in [6.07, 6.45) is 0.811. The first kappa shape index (κ1) is 30.3. The smallest absolute Gasteiger partial charge is 0.254 e. The number of imidazole rings is 1. The van der Waals surface area contributed by atoms with Crippen LogP contribution in [0.5, 0.6) is 5.75 Å². The maximum atomic E-state index is 13.5. The van der Waals surface area contributed by atoms with Gasteiger partial charge in [-0.3, -0.25) is 15.0 Å². The number of aromatic nitrogens is 2. The van der Waals surface area contributed by atoms with Crippen molar-refractivity contribution in [1.29, 1.82) is 5.41 Å². The van der Waals surface area contributed by atoms with Crippen LogP contribution in [0, 0.1) is 11.2 Å². The minimum atomic E-state index is -1.00. The average Bonchev–Trinajstić information content (AvgIpc) is 3.39. The van der Waals surface area contributed by atoms with Gasteiger partial charge in [0.05, 0.1) is 11.0 Å². The Bertz CT molecular complexity index is 1650. The van der Waals surface area contributed by atoms with E-state index < -0.39 is 18.8 Å². The largest absolute Gasteiger partial charge is 0.463 e. The van der Waals surface area contributed by atoms with Crippen LogP contribution in [0.15, 0.2) is 66.7 Å². The zero-order valence-corrected chi connectivity index (χ0v) is 24.0. The molecule has 2 amide bonds. The molecule has 0 unspecified atom stereocenters. The van der Waals surface area contributed by atoms with Gasteiger partial charge in [0.25, 0.3) is 5.91 Å². The van der Waals surface area contributed by atoms with Crippen molar-refractivity contribution >= 4 is 34.5 Å². The number of anilines is 1. The molecule has 1 saturated heterocycles. The first-order chi connectivity index (χ1) is 21.2. The number of nitrogens with two attached hydrogens (primary N) is 2. The van der Waals surface area contributed by atoms with Gasteiger partial charge in [0.2, 0.25) is 12.8 Å². The fourth-order valence-corrected chi connectivity index (χ4v) is 5.46. The van der Waals surface area contributed by atoms with E-state index in [1.165, 1.54) is 12.1 Å². The van der Waals surface area contributed by atoms with E-state index in [4.69, 9.17) is 26.6 Å². The summed E-state index contributed by atoms with van der Waals surface area (Å²) in [6.45, 7) is 1.56. The zero-order valence-electron chi connectivity index (χ0n) is 24.0. The molecule has 0 aliphatic carbocycles. The number of rotatable bonds is 11. The minimum Gasteiger partial charge on any atom is -0.463 e. The molecule has 11 nitrogen and oxygen atoms in total. The van der Waals surface area contributed by atoms with Crippen LogP contribution in [0.4, 0.5) is 14.5 Å². The van der Waals surface area contributed by atoms with Crippen molar-refractivity contribution in [3.05, 3.63) is 78.1 Å². The SMILES string of the molecule is N=C(N)NCCC[C@@H](C(N)=O)n1c(-c2cccc(OCF)c2)nc2cc(C(=O)N3CCN(c4ccc(F)cc4)CC3)ccc21. The van der Waals surface area contributed by atoms with E-state index >= 15 is 0 Å². The van der Waals surface area contributed by atoms with Gasteiger partial charge >= 0.3 is 0 Å². The third-order valence-corrected chi connectivity index (χ3v) is 7.62. The van der Waals surface area contributed by atoms with Gasteiger partial charge in [-0.15, -0.1) is 0 Å². The first-order valence-corrected chi connectivity index (χ1v) is 14.2. The molecule has 13 heteroatoms. The lowest BCUT2D eigenvalue weighted by molar-refractivity contribution is -0.121. The van der Waals surface area contributed by atoms with E-state index in [0.717, 1.165) is 5.69 Å². The number of nitrogens with zero attached hydrogens (tertiary/aromatic N) is 4. The molecule has 1 aliphatic heterocycles. The highest BCUT2D eigenvalue weighted by atomic mass is 19.1. The summed E-state index contributed by atoms with van der Waals surface area (Å²) in [6, 6.07) is 17.3. The molecule has 5 rings (SSSR count). The van der Waals surface area contributed by atoms with Crippen LogP contribution >= 0.6 is 0 Å². The quantitative estimate of drug-likeness (QED) is 0.116. The number of piperazine rings is 1. The van der Waals surface area contributed by atoms with Crippen molar-refractivity contribution in [2.24, 2.45) is 11.5 Å². The van der Waals surface area contributed by atoms with E-state index in [1.807, 2.05) is 0 Å². The molecule has 6 N–H and O–H groups in total. The van der Waals surface area contributed by atoms with Crippen LogP contribution in [-0.4, -0.2) is 71.8 Å². The molecule has 230 valence electrons. The summed E-state index contributed by atoms with van der Waals surface area (Å²) in [5.41, 5.74) is 14.3. The highest BCUT2D eigenvalue weighted by Crippen LogP contribution is 2.33. The van der Waals surface area contributed by atoms with E-state index in [9.17, 15) is 18.4 Å². The summed E-state index contributed by atoms with van der Waals surface area (Å²) in [5.74, 6) is -0.499. The number of guanidine groups is 1. The number of benzene rings is 3. The van der Waals surface area contributed by atoms with Crippen molar-refractivity contribution < 1.29 is 23.1 Å². The standard InChI is InChI=1S/C31H34F2N8O3/c32-19-44-24-4-1-3-20(17-24)29-38-25-18-21(6-11-26(25)41(29)27(28(34)42)5-2-12-37-31(35)36)30(43)40-15-13-39(14-16-40)23-9-7-22(33)8-10-23/h1,3-4,6-11,17-18,27H,2,5,12-16,19H2,(H2,34,42)(H4,35,36,37)/t27-/m0/s1. The molecule has 4 aromatic rings. The molecule has 1 fully saturated rings. The Hall–Kier alpha value is -5.20. The average molecular weight is 605 g/mol. The number of hydrogen-bond acceptors (Lipinski definition) is 6. The number of alkyl halides is 1. The molecule has 0 saturated carbocycles. The number of carbonyl (C=O) groups excluding carboxylic acids is 2. The Morgan fingerprint density at radius 2 is 1.77 bits per heavy atom. The fraction of sp³-hybridized carbons (Fsp3) is 0.290. The van der Waals surface area contributed by atoms with E-state index in [2.05, 4.69) is 10.2 Å². The number of fused-ring (bicyclic) bond motifs is 1. The number of carbonyl (C=O) groups is 2. The van der Waals surface area contributed by atoms with Gasteiger partial charge in [0.1, 0.15) is 23.4 Å². The summed E-state index contributed by atoms with van der Waals surface area (Å²) in [5, 5.41) is 10.1. The van der Waals surface area contributed by atoms with Crippen molar-refractivity contribution in [3.63, 3.8) is 0 Å². The molecule has 0 bridgehead atoms. The number of halogens is 2. The topological polar surface area (TPSA) is 156 Å². The molecule has 2 heterocycles. The fourth-order valence-electron chi connectivity index (χ4n) is 5.46. The second kappa shape index (κ2) is 13.4. The lowest BCUT2D eigenvalue weighted by atomic mass is 10.1. The van der Waals surface area contributed by atoms with Crippen LogP contribution in [0.2, 0.25) is 0 Å². The number of hydrogen-bond donors (Lipinski definition) is 4. The van der Waals surface area contributed by atoms with Gasteiger partial charge in [-0.1, -0.05) is 12.1 Å². The van der Waals surface area contributed by atoms with Gasteiger partial charge in [0.15, 0.2) is 5.96 Å². The maximum absolute atomic E-state index is 13.5. The van der Waals surface area contributed by atoms with Gasteiger partial charge in [-0.2, -0.15) is 0 Å². The van der Waals surface area contributed by atoms with Crippen molar-refractivity contribution in [1.82, 2.24) is 19.8 Å². The number of ether oxygens (including phenoxy) is 1. The Labute approximate surface area is 252 Å². The normalized spacial score (nSPS) is 14.0. The molecule has 0 radical (unpaired) electrons. The third-order valence-electron chi connectivity index (χ3n) is 7.62. The van der Waals surface area contributed by atoms with Crippen LogP contribution in [0.3, 0.4) is 0 Å². The van der Waals surface area contributed by atoms with Crippen LogP contribution < -0.4 is 26.4 Å². The van der Waals surface area contributed by atoms with E-state index in [-0.39, 0.29) is 17.7 Å². The minimum absolute atomic E-state index is 0.151. The predicted molar refractivity (Wildman–Crippen MR) is 164 cm³/mol. The number of nitrogens with one attached hydrogen (secondary N) is 2. The van der Waals surface area contributed by atoms with Crippen LogP contribution in [0.25, 0.3) is 22.4 Å². The van der Waals surface area contributed by atoms with Gasteiger partial charge in [0, 0.05) is 49.5 Å². The van der Waals surface area contributed by atoms with Crippen molar-refractivity contribution in [3.8, 4) is 17.1 Å². The molecule has 1 atom stereocenters. The van der Waals surface area contributed by atoms with Gasteiger partial charge < -0.3 is 35.9 Å². The third kappa shape index (κ3) is 6.72. The van der Waals surface area contributed by atoms with Gasteiger partial charge in [-0.05, 0) is 67.4 Å². The highest BCUT2D eigenvalue weighted by molar-refractivity contribution is 5.98. The zero-order chi connectivity index (χ0) is 31.2. The van der Waals surface area contributed by atoms with E-state index in [0.29, 0.717) is 79.3 Å². The van der Waals surface area contributed by atoms with E-state index in [1.54, 1.807) is 64.1 Å². The Morgan fingerprint density at radius 3 is 2.45 bits per heavy atom. The Morgan fingerprint density at radius 1 is 1.02 bits per heavy atom. The molecule has 0 spiro atoms. The number of amides is 2. The second-order valence-electron chi connectivity index (χ2n) is 10.4. The van der Waals surface area contributed by atoms with Crippen molar-refractivity contribution in [2.75, 3.05) is 44.5 Å². The van der Waals surface area contributed by atoms with Crippen molar-refractivity contribution in [2.45, 2.75) is 18.9 Å². The molecule has 44 heavy (non-hydrogen) atoms. The molecule has 1 aromatic heterocycles. The van der Waals surface area contributed by atoms with Crippen LogP contribution in [0.1, 0.15) is 29.2 Å². The summed E-state index contributed by atoms with van der Waals surface area (Å²) < 4.78 is 33.0. The first-order valence-electron chi connectivity index (χ1n) is 14.2. The maximum Gasteiger partial charge on any atom is 0.254 e. The molecule has 1 aliphatic rings. The highest BCUT2D eigenvalue weighted by Gasteiger charge is 2.27. The number of primary amides is 1. The Balaban J connectivity index is 1.45. The lowest BCUT2D eigenvalue weighted by Crippen LogP contribution is -2.48. The molecule has 3 aromatic carbocycles. The summed E-state index contributed by atoms with van der Waals surface area (Å²) in [4.78, 5) is 35.0. The predicted octanol–water partition coefficient (Wildman–Crippen LogP) is 3.40. The second-order valence-corrected chi connectivity index (χ2v) is 10.4. The molecular formula is C31H34F2N8O3. The summed E-state index contributed by atoms with van der Waals surface area (Å²) >= 11 is 0. The molecular weight excluding hydrogens is 570 g/mol. The monoisotopic (exact) mass is 604 g/mol. The van der Waals surface area contributed by atoms with Crippen LogP contribution in [-0.2, 0) is 4.79 Å². The Kier molecular flexibility index (Phi) is 9.22. The van der Waals surface area contributed by atoms with Gasteiger partial charge in [-0.25, -0.2) is 13.8 Å².